The van der Waals surface area contributed by atoms with Gasteiger partial charge in [-0.25, -0.2) is 12.8 Å². The Hall–Kier alpha value is -2.07. The number of anilines is 1. The summed E-state index contributed by atoms with van der Waals surface area (Å²) in [4.78, 5) is 11.7. The topological polar surface area (TPSA) is 98.3 Å². The molecule has 0 saturated carbocycles. The lowest BCUT2D eigenvalue weighted by Gasteiger charge is -2.05. The molecule has 1 aromatic heterocycles. The van der Waals surface area contributed by atoms with Crippen molar-refractivity contribution in [3.05, 3.63) is 30.1 Å². The number of halogens is 1. The molecule has 0 radical (unpaired) electrons. The van der Waals surface area contributed by atoms with E-state index in [0.29, 0.717) is 12.2 Å². The van der Waals surface area contributed by atoms with Crippen LogP contribution in [0.15, 0.2) is 28.6 Å². The molecule has 0 saturated heterocycles. The van der Waals surface area contributed by atoms with Gasteiger partial charge in [-0.05, 0) is 30.7 Å². The average molecular weight is 359 g/mol. The fourth-order valence-corrected chi connectivity index (χ4v) is 3.94. The predicted molar refractivity (Wildman–Crippen MR) is 82.8 cm³/mol. The number of carbonyl (C=O) groups excluding carboxylic acids is 1. The summed E-state index contributed by atoms with van der Waals surface area (Å²) in [5, 5.41) is 9.67. The summed E-state index contributed by atoms with van der Waals surface area (Å²) in [5.74, 6) is -0.616. The molecule has 0 bridgehead atoms. The average Bonchev–Trinajstić information content (AvgIpc) is 2.96. The van der Waals surface area contributed by atoms with Gasteiger partial charge in [0.1, 0.15) is 11.6 Å². The molecule has 0 aliphatic heterocycles. The molecule has 7 nitrogen and oxygen atoms in total. The first-order valence-corrected chi connectivity index (χ1v) is 9.12. The number of sulfone groups is 1. The SMILES string of the molecule is CCCS(=O)(=O)c1nnc(NC(=O)COc2ccc(F)cc2)s1. The third kappa shape index (κ3) is 4.96. The zero-order chi connectivity index (χ0) is 16.9. The van der Waals surface area contributed by atoms with E-state index < -0.39 is 21.6 Å². The Bertz CT molecular complexity index is 775. The maximum Gasteiger partial charge on any atom is 0.264 e. The number of hydrogen-bond acceptors (Lipinski definition) is 7. The Morgan fingerprint density at radius 3 is 2.65 bits per heavy atom. The molecule has 1 aromatic carbocycles. The first-order valence-electron chi connectivity index (χ1n) is 6.65. The van der Waals surface area contributed by atoms with Crippen LogP contribution in [0, 0.1) is 5.82 Å². The first kappa shape index (κ1) is 17.3. The van der Waals surface area contributed by atoms with Crippen LogP contribution in [0.25, 0.3) is 0 Å². The summed E-state index contributed by atoms with van der Waals surface area (Å²) in [6.45, 7) is 1.43. The van der Waals surface area contributed by atoms with Crippen LogP contribution >= 0.6 is 11.3 Å². The van der Waals surface area contributed by atoms with Gasteiger partial charge in [0.05, 0.1) is 5.75 Å². The molecule has 0 aliphatic carbocycles. The highest BCUT2D eigenvalue weighted by molar-refractivity contribution is 7.93. The van der Waals surface area contributed by atoms with Gasteiger partial charge in [-0.15, -0.1) is 10.2 Å². The highest BCUT2D eigenvalue weighted by atomic mass is 32.2. The van der Waals surface area contributed by atoms with E-state index in [2.05, 4.69) is 15.5 Å². The van der Waals surface area contributed by atoms with Crippen LogP contribution in [-0.4, -0.2) is 36.9 Å². The van der Waals surface area contributed by atoms with Crippen LogP contribution in [-0.2, 0) is 14.6 Å². The molecule has 1 amide bonds. The van der Waals surface area contributed by atoms with Crippen molar-refractivity contribution in [2.24, 2.45) is 0 Å². The van der Waals surface area contributed by atoms with Gasteiger partial charge in [0.15, 0.2) is 6.61 Å². The number of nitrogens with one attached hydrogen (secondary N) is 1. The Balaban J connectivity index is 1.91. The Morgan fingerprint density at radius 1 is 1.30 bits per heavy atom. The van der Waals surface area contributed by atoms with Crippen molar-refractivity contribution in [3.63, 3.8) is 0 Å². The first-order chi connectivity index (χ1) is 10.9. The lowest BCUT2D eigenvalue weighted by atomic mass is 10.3. The minimum absolute atomic E-state index is 0.0245. The third-order valence-electron chi connectivity index (χ3n) is 2.58. The van der Waals surface area contributed by atoms with Crippen LogP contribution < -0.4 is 10.1 Å². The van der Waals surface area contributed by atoms with E-state index >= 15 is 0 Å². The number of nitrogens with zero attached hydrogens (tertiary/aromatic N) is 2. The van der Waals surface area contributed by atoms with Gasteiger partial charge >= 0.3 is 0 Å². The molecule has 0 spiro atoms. The van der Waals surface area contributed by atoms with Gasteiger partial charge < -0.3 is 4.74 Å². The van der Waals surface area contributed by atoms with Gasteiger partial charge in [-0.3, -0.25) is 10.1 Å². The second-order valence-electron chi connectivity index (χ2n) is 4.48. The van der Waals surface area contributed by atoms with Crippen molar-refractivity contribution in [1.82, 2.24) is 10.2 Å². The Labute approximate surface area is 136 Å². The number of carbonyl (C=O) groups is 1. The highest BCUT2D eigenvalue weighted by Crippen LogP contribution is 2.21. The molecular weight excluding hydrogens is 345 g/mol. The molecule has 10 heteroatoms. The molecule has 1 N–H and O–H groups in total. The normalized spacial score (nSPS) is 11.2. The number of amides is 1. The Morgan fingerprint density at radius 2 is 2.00 bits per heavy atom. The summed E-state index contributed by atoms with van der Waals surface area (Å²) in [6.07, 6.45) is 0.467. The monoisotopic (exact) mass is 359 g/mol. The minimum atomic E-state index is -3.46. The standard InChI is InChI=1S/C13H14FN3O4S2/c1-2-7-23(19,20)13-17-16-12(22-13)15-11(18)8-21-10-5-3-9(14)4-6-10/h3-6H,2,7-8H2,1H3,(H,15,16,18). The van der Waals surface area contributed by atoms with Gasteiger partial charge in [0, 0.05) is 0 Å². The second kappa shape index (κ2) is 7.47. The molecule has 0 fully saturated rings. The fourth-order valence-electron chi connectivity index (χ4n) is 1.58. The molecule has 0 aliphatic rings. The fraction of sp³-hybridized carbons (Fsp3) is 0.308. The summed E-state index contributed by atoms with van der Waals surface area (Å²) in [5.41, 5.74) is 0. The van der Waals surface area contributed by atoms with Crippen LogP contribution in [0.2, 0.25) is 0 Å². The number of rotatable bonds is 7. The molecule has 1 heterocycles. The zero-order valence-electron chi connectivity index (χ0n) is 12.2. The second-order valence-corrected chi connectivity index (χ2v) is 7.74. The zero-order valence-corrected chi connectivity index (χ0v) is 13.8. The van der Waals surface area contributed by atoms with Crippen LogP contribution in [0.4, 0.5) is 9.52 Å². The Kier molecular flexibility index (Phi) is 5.61. The summed E-state index contributed by atoms with van der Waals surface area (Å²) < 4.78 is 41.4. The van der Waals surface area contributed by atoms with Gasteiger partial charge in [0.25, 0.3) is 5.91 Å². The molecule has 0 unspecified atom stereocenters. The smallest absolute Gasteiger partial charge is 0.264 e. The molecular formula is C13H14FN3O4S2. The van der Waals surface area contributed by atoms with Crippen molar-refractivity contribution in [2.75, 3.05) is 17.7 Å². The van der Waals surface area contributed by atoms with E-state index in [1.807, 2.05) is 0 Å². The van der Waals surface area contributed by atoms with Crippen molar-refractivity contribution >= 4 is 32.2 Å². The quantitative estimate of drug-likeness (QED) is 0.758. The van der Waals surface area contributed by atoms with E-state index in [-0.39, 0.29) is 21.8 Å². The van der Waals surface area contributed by atoms with Gasteiger partial charge in [-0.2, -0.15) is 0 Å². The molecule has 124 valence electrons. The van der Waals surface area contributed by atoms with E-state index in [0.717, 1.165) is 11.3 Å². The van der Waals surface area contributed by atoms with Crippen LogP contribution in [0.5, 0.6) is 5.75 Å². The lowest BCUT2D eigenvalue weighted by Crippen LogP contribution is -2.20. The van der Waals surface area contributed by atoms with E-state index in [1.165, 1.54) is 24.3 Å². The molecule has 23 heavy (non-hydrogen) atoms. The summed E-state index contributed by atoms with van der Waals surface area (Å²) >= 11 is 0.784. The van der Waals surface area contributed by atoms with Crippen molar-refractivity contribution in [3.8, 4) is 5.75 Å². The maximum atomic E-state index is 12.7. The largest absolute Gasteiger partial charge is 0.484 e. The predicted octanol–water partition coefficient (Wildman–Crippen LogP) is 1.88. The summed E-state index contributed by atoms with van der Waals surface area (Å²) in [7, 11) is -3.46. The van der Waals surface area contributed by atoms with Crippen molar-refractivity contribution < 1.29 is 22.3 Å². The van der Waals surface area contributed by atoms with Crippen molar-refractivity contribution in [1.29, 1.82) is 0 Å². The van der Waals surface area contributed by atoms with Crippen LogP contribution in [0.1, 0.15) is 13.3 Å². The molecule has 2 rings (SSSR count). The summed E-state index contributed by atoms with van der Waals surface area (Å²) in [6, 6.07) is 5.21. The minimum Gasteiger partial charge on any atom is -0.484 e. The lowest BCUT2D eigenvalue weighted by molar-refractivity contribution is -0.118. The van der Waals surface area contributed by atoms with Crippen LogP contribution in [0.3, 0.4) is 0 Å². The van der Waals surface area contributed by atoms with Gasteiger partial charge in [-0.1, -0.05) is 18.3 Å². The molecule has 0 atom stereocenters. The number of aromatic nitrogens is 2. The van der Waals surface area contributed by atoms with Gasteiger partial charge in [0.2, 0.25) is 19.3 Å². The van der Waals surface area contributed by atoms with Crippen molar-refractivity contribution in [2.45, 2.75) is 17.7 Å². The van der Waals surface area contributed by atoms with E-state index in [9.17, 15) is 17.6 Å². The maximum absolute atomic E-state index is 12.7. The third-order valence-corrected chi connectivity index (χ3v) is 5.78. The number of ether oxygens (including phenoxy) is 1. The van der Waals surface area contributed by atoms with E-state index in [1.54, 1.807) is 6.92 Å². The highest BCUT2D eigenvalue weighted by Gasteiger charge is 2.20. The number of benzene rings is 1. The van der Waals surface area contributed by atoms with E-state index in [4.69, 9.17) is 4.74 Å². The molecule has 2 aromatic rings. The number of hydrogen-bond donors (Lipinski definition) is 1.